The van der Waals surface area contributed by atoms with E-state index in [1.807, 2.05) is 0 Å². The average Bonchev–Trinajstić information content (AvgIpc) is 2.69. The van der Waals surface area contributed by atoms with Crippen LogP contribution in [0.3, 0.4) is 0 Å². The van der Waals surface area contributed by atoms with Crippen LogP contribution in [-0.4, -0.2) is 22.5 Å². The molecule has 0 unspecified atom stereocenters. The molecule has 0 N–H and O–H groups in total. The Balaban J connectivity index is 2.54. The van der Waals surface area contributed by atoms with E-state index in [9.17, 15) is 13.2 Å². The molecular formula is C14H13Cl2F3N2O2. The molecule has 2 rings (SSSR count). The predicted octanol–water partition coefficient (Wildman–Crippen LogP) is 4.92. The fourth-order valence-corrected chi connectivity index (χ4v) is 2.42. The van der Waals surface area contributed by atoms with Gasteiger partial charge in [0.25, 0.3) is 0 Å². The monoisotopic (exact) mass is 368 g/mol. The lowest BCUT2D eigenvalue weighted by molar-refractivity contribution is -0.0552. The maximum absolute atomic E-state index is 14.2. The first-order chi connectivity index (χ1) is 10.7. The molecule has 9 heteroatoms. The SMILES string of the molecule is CC(C)Oc1cc(-c2nn(C)c(OC(F)F)c2Cl)c(F)cc1Cl. The molecular weight excluding hydrogens is 356 g/mol. The van der Waals surface area contributed by atoms with Crippen LogP contribution in [0.1, 0.15) is 13.8 Å². The normalized spacial score (nSPS) is 11.4. The zero-order valence-electron chi connectivity index (χ0n) is 12.4. The molecule has 4 nitrogen and oxygen atoms in total. The van der Waals surface area contributed by atoms with Gasteiger partial charge >= 0.3 is 6.61 Å². The molecule has 1 aromatic carbocycles. The highest BCUT2D eigenvalue weighted by atomic mass is 35.5. The molecule has 0 aliphatic carbocycles. The summed E-state index contributed by atoms with van der Waals surface area (Å²) in [5, 5.41) is 3.78. The van der Waals surface area contributed by atoms with Crippen molar-refractivity contribution in [2.75, 3.05) is 0 Å². The summed E-state index contributed by atoms with van der Waals surface area (Å²) in [6, 6.07) is 2.37. The molecule has 0 aliphatic heterocycles. The van der Waals surface area contributed by atoms with E-state index >= 15 is 0 Å². The first-order valence-electron chi connectivity index (χ1n) is 6.54. The van der Waals surface area contributed by atoms with Crippen LogP contribution in [0.4, 0.5) is 13.2 Å². The summed E-state index contributed by atoms with van der Waals surface area (Å²) in [5.41, 5.74) is -0.0812. The number of benzene rings is 1. The second kappa shape index (κ2) is 6.88. The Morgan fingerprint density at radius 3 is 2.39 bits per heavy atom. The minimum absolute atomic E-state index is 0.0326. The Bertz CT molecular complexity index is 721. The maximum atomic E-state index is 14.2. The van der Waals surface area contributed by atoms with Crippen molar-refractivity contribution in [3.05, 3.63) is 28.0 Å². The standard InChI is InChI=1S/C14H13Cl2F3N2O2/c1-6(2)22-10-4-7(9(17)5-8(10)15)12-11(16)13(21(3)20-12)23-14(18)19/h4-6,14H,1-3H3. The molecule has 0 amide bonds. The Morgan fingerprint density at radius 2 is 1.83 bits per heavy atom. The molecule has 0 aliphatic rings. The van der Waals surface area contributed by atoms with Crippen molar-refractivity contribution in [3.63, 3.8) is 0 Å². The predicted molar refractivity (Wildman–Crippen MR) is 81.0 cm³/mol. The first kappa shape index (κ1) is 17.7. The van der Waals surface area contributed by atoms with E-state index in [0.29, 0.717) is 0 Å². The summed E-state index contributed by atoms with van der Waals surface area (Å²) in [6.07, 6.45) is -0.192. The van der Waals surface area contributed by atoms with Gasteiger partial charge in [-0.2, -0.15) is 13.9 Å². The van der Waals surface area contributed by atoms with E-state index in [2.05, 4.69) is 9.84 Å². The Hall–Kier alpha value is -1.60. The topological polar surface area (TPSA) is 36.3 Å². The van der Waals surface area contributed by atoms with Crippen LogP contribution in [0.5, 0.6) is 11.6 Å². The summed E-state index contributed by atoms with van der Waals surface area (Å²) in [4.78, 5) is 0. The second-order valence-corrected chi connectivity index (χ2v) is 5.68. The summed E-state index contributed by atoms with van der Waals surface area (Å²) in [5.74, 6) is -0.844. The van der Waals surface area contributed by atoms with Gasteiger partial charge in [0.15, 0.2) is 0 Å². The highest BCUT2D eigenvalue weighted by Crippen LogP contribution is 2.39. The number of nitrogens with zero attached hydrogens (tertiary/aromatic N) is 2. The molecule has 126 valence electrons. The summed E-state index contributed by atoms with van der Waals surface area (Å²) >= 11 is 11.9. The molecule has 0 saturated carbocycles. The third-order valence-electron chi connectivity index (χ3n) is 2.78. The number of aromatic nitrogens is 2. The van der Waals surface area contributed by atoms with Crippen LogP contribution < -0.4 is 9.47 Å². The van der Waals surface area contributed by atoms with E-state index in [-0.39, 0.29) is 39.0 Å². The molecule has 0 fully saturated rings. The van der Waals surface area contributed by atoms with Crippen molar-refractivity contribution in [3.8, 4) is 22.9 Å². The van der Waals surface area contributed by atoms with Crippen LogP contribution in [0.2, 0.25) is 10.0 Å². The zero-order valence-corrected chi connectivity index (χ0v) is 13.9. The van der Waals surface area contributed by atoms with Crippen LogP contribution in [0.15, 0.2) is 12.1 Å². The van der Waals surface area contributed by atoms with Gasteiger partial charge in [-0.05, 0) is 26.0 Å². The minimum atomic E-state index is -3.08. The van der Waals surface area contributed by atoms with Gasteiger partial charge in [0.2, 0.25) is 5.88 Å². The van der Waals surface area contributed by atoms with Crippen molar-refractivity contribution in [1.82, 2.24) is 9.78 Å². The summed E-state index contributed by atoms with van der Waals surface area (Å²) in [7, 11) is 1.35. The van der Waals surface area contributed by atoms with Gasteiger partial charge in [-0.3, -0.25) is 0 Å². The van der Waals surface area contributed by atoms with Crippen molar-refractivity contribution in [1.29, 1.82) is 0 Å². The number of hydrogen-bond acceptors (Lipinski definition) is 3. The molecule has 0 radical (unpaired) electrons. The van der Waals surface area contributed by atoms with Gasteiger partial charge in [0, 0.05) is 12.6 Å². The molecule has 0 bridgehead atoms. The van der Waals surface area contributed by atoms with E-state index in [4.69, 9.17) is 27.9 Å². The maximum Gasteiger partial charge on any atom is 0.388 e. The highest BCUT2D eigenvalue weighted by molar-refractivity contribution is 6.34. The van der Waals surface area contributed by atoms with Gasteiger partial charge in [-0.15, -0.1) is 0 Å². The summed E-state index contributed by atoms with van der Waals surface area (Å²) < 4.78 is 49.8. The quantitative estimate of drug-likeness (QED) is 0.751. The van der Waals surface area contributed by atoms with Gasteiger partial charge in [-0.1, -0.05) is 23.2 Å². The Kier molecular flexibility index (Phi) is 5.31. The van der Waals surface area contributed by atoms with Crippen LogP contribution in [0, 0.1) is 5.82 Å². The van der Waals surface area contributed by atoms with Crippen LogP contribution >= 0.6 is 23.2 Å². The first-order valence-corrected chi connectivity index (χ1v) is 7.29. The van der Waals surface area contributed by atoms with Crippen molar-refractivity contribution in [2.24, 2.45) is 7.05 Å². The molecule has 0 atom stereocenters. The van der Waals surface area contributed by atoms with Gasteiger partial charge in [-0.25, -0.2) is 9.07 Å². The molecule has 0 saturated heterocycles. The fourth-order valence-electron chi connectivity index (χ4n) is 1.92. The van der Waals surface area contributed by atoms with E-state index < -0.39 is 12.4 Å². The second-order valence-electron chi connectivity index (χ2n) is 4.90. The van der Waals surface area contributed by atoms with E-state index in [1.165, 1.54) is 13.1 Å². The highest BCUT2D eigenvalue weighted by Gasteiger charge is 2.23. The number of ether oxygens (including phenoxy) is 2. The van der Waals surface area contributed by atoms with Gasteiger partial charge in [0.1, 0.15) is 22.3 Å². The Morgan fingerprint density at radius 1 is 1.17 bits per heavy atom. The molecule has 0 spiro atoms. The fraction of sp³-hybridized carbons (Fsp3) is 0.357. The van der Waals surface area contributed by atoms with Gasteiger partial charge in [0.05, 0.1) is 11.1 Å². The van der Waals surface area contributed by atoms with Crippen LogP contribution in [-0.2, 0) is 7.05 Å². The lowest BCUT2D eigenvalue weighted by Crippen LogP contribution is -2.06. The zero-order chi connectivity index (χ0) is 17.3. The smallest absolute Gasteiger partial charge is 0.388 e. The van der Waals surface area contributed by atoms with Crippen molar-refractivity contribution in [2.45, 2.75) is 26.6 Å². The number of halogens is 5. The molecule has 1 aromatic heterocycles. The number of rotatable bonds is 5. The van der Waals surface area contributed by atoms with Gasteiger partial charge < -0.3 is 9.47 Å². The number of hydrogen-bond donors (Lipinski definition) is 0. The van der Waals surface area contributed by atoms with Crippen molar-refractivity contribution >= 4 is 23.2 Å². The minimum Gasteiger partial charge on any atom is -0.489 e. The lowest BCUT2D eigenvalue weighted by Gasteiger charge is -2.13. The molecule has 2 aromatic rings. The lowest BCUT2D eigenvalue weighted by atomic mass is 10.1. The average molecular weight is 369 g/mol. The largest absolute Gasteiger partial charge is 0.489 e. The number of alkyl halides is 2. The summed E-state index contributed by atoms with van der Waals surface area (Å²) in [6.45, 7) is 0.481. The van der Waals surface area contributed by atoms with E-state index in [0.717, 1.165) is 10.7 Å². The number of aryl methyl sites for hydroxylation is 1. The van der Waals surface area contributed by atoms with Crippen LogP contribution in [0.25, 0.3) is 11.3 Å². The third kappa shape index (κ3) is 3.84. The van der Waals surface area contributed by atoms with Crippen molar-refractivity contribution < 1.29 is 22.6 Å². The molecule has 1 heterocycles. The third-order valence-corrected chi connectivity index (χ3v) is 3.42. The van der Waals surface area contributed by atoms with E-state index in [1.54, 1.807) is 13.8 Å². The Labute approximate surface area is 140 Å². The molecule has 23 heavy (non-hydrogen) atoms.